The van der Waals surface area contributed by atoms with E-state index < -0.39 is 12.0 Å². The van der Waals surface area contributed by atoms with Crippen molar-refractivity contribution in [3.05, 3.63) is 22.4 Å². The monoisotopic (exact) mass is 227 g/mol. The molecule has 0 amide bonds. The molecule has 0 saturated heterocycles. The number of nitrogens with one attached hydrogen (secondary N) is 1. The Morgan fingerprint density at radius 2 is 2.40 bits per heavy atom. The summed E-state index contributed by atoms with van der Waals surface area (Å²) in [6.07, 6.45) is 1.55. The number of thiophene rings is 1. The molecule has 0 fully saturated rings. The van der Waals surface area contributed by atoms with Crippen molar-refractivity contribution in [1.82, 2.24) is 5.32 Å². The molecule has 0 aliphatic rings. The van der Waals surface area contributed by atoms with Crippen LogP contribution in [-0.4, -0.2) is 17.1 Å². The van der Waals surface area contributed by atoms with E-state index in [0.29, 0.717) is 6.42 Å². The summed E-state index contributed by atoms with van der Waals surface area (Å²) in [6, 6.07) is 3.67. The molecule has 0 aliphatic carbocycles. The molecule has 2 N–H and O–H groups in total. The molecular formula is C11H17NO2S. The molecule has 84 valence electrons. The first-order valence-electron chi connectivity index (χ1n) is 5.17. The van der Waals surface area contributed by atoms with E-state index >= 15 is 0 Å². The summed E-state index contributed by atoms with van der Waals surface area (Å²) in [6.45, 7) is 3.99. The van der Waals surface area contributed by atoms with Gasteiger partial charge in [-0.3, -0.25) is 10.1 Å². The SMILES string of the molecule is CCCC(N[C@@H](C)c1cccs1)C(=O)O. The smallest absolute Gasteiger partial charge is 0.320 e. The number of aliphatic carboxylic acids is 1. The number of carbonyl (C=O) groups is 1. The highest BCUT2D eigenvalue weighted by Gasteiger charge is 2.19. The number of hydrogen-bond donors (Lipinski definition) is 2. The van der Waals surface area contributed by atoms with Crippen molar-refractivity contribution in [3.63, 3.8) is 0 Å². The van der Waals surface area contributed by atoms with E-state index in [1.807, 2.05) is 31.4 Å². The van der Waals surface area contributed by atoms with Crippen LogP contribution in [-0.2, 0) is 4.79 Å². The Balaban J connectivity index is 2.54. The predicted octanol–water partition coefficient (Wildman–Crippen LogP) is 2.65. The Morgan fingerprint density at radius 3 is 2.87 bits per heavy atom. The fourth-order valence-electron chi connectivity index (χ4n) is 1.49. The first-order chi connectivity index (χ1) is 7.15. The van der Waals surface area contributed by atoms with Crippen LogP contribution in [0, 0.1) is 0 Å². The summed E-state index contributed by atoms with van der Waals surface area (Å²) in [5.74, 6) is -0.764. The van der Waals surface area contributed by atoms with E-state index in [1.54, 1.807) is 11.3 Å². The zero-order valence-corrected chi connectivity index (χ0v) is 9.88. The Labute approximate surface area is 94.1 Å². The summed E-state index contributed by atoms with van der Waals surface area (Å²) in [5.41, 5.74) is 0. The molecule has 0 spiro atoms. The second-order valence-corrected chi connectivity index (χ2v) is 4.56. The Kier molecular flexibility index (Phi) is 4.78. The molecule has 1 aromatic rings. The molecule has 15 heavy (non-hydrogen) atoms. The highest BCUT2D eigenvalue weighted by atomic mass is 32.1. The highest BCUT2D eigenvalue weighted by molar-refractivity contribution is 7.10. The van der Waals surface area contributed by atoms with Gasteiger partial charge in [-0.05, 0) is 24.8 Å². The molecule has 1 unspecified atom stereocenters. The molecule has 0 radical (unpaired) electrons. The largest absolute Gasteiger partial charge is 0.480 e. The van der Waals surface area contributed by atoms with Gasteiger partial charge >= 0.3 is 5.97 Å². The van der Waals surface area contributed by atoms with Gasteiger partial charge in [0.25, 0.3) is 0 Å². The lowest BCUT2D eigenvalue weighted by atomic mass is 10.1. The van der Waals surface area contributed by atoms with Gasteiger partial charge in [0, 0.05) is 10.9 Å². The minimum atomic E-state index is -0.764. The Hall–Kier alpha value is -0.870. The number of carboxylic acid groups (broad SMARTS) is 1. The maximum atomic E-state index is 10.9. The zero-order chi connectivity index (χ0) is 11.3. The topological polar surface area (TPSA) is 49.3 Å². The van der Waals surface area contributed by atoms with E-state index in [4.69, 9.17) is 5.11 Å². The lowest BCUT2D eigenvalue weighted by Gasteiger charge is -2.18. The van der Waals surface area contributed by atoms with Gasteiger partial charge in [0.2, 0.25) is 0 Å². The summed E-state index contributed by atoms with van der Waals surface area (Å²) < 4.78 is 0. The van der Waals surface area contributed by atoms with Crippen LogP contribution in [0.3, 0.4) is 0 Å². The van der Waals surface area contributed by atoms with Crippen molar-refractivity contribution in [2.45, 2.75) is 38.8 Å². The van der Waals surface area contributed by atoms with Crippen LogP contribution in [0.2, 0.25) is 0 Å². The number of carboxylic acids is 1. The molecule has 0 bridgehead atoms. The minimum absolute atomic E-state index is 0.109. The van der Waals surface area contributed by atoms with Crippen LogP contribution < -0.4 is 5.32 Å². The second-order valence-electron chi connectivity index (χ2n) is 3.58. The van der Waals surface area contributed by atoms with E-state index in [1.165, 1.54) is 4.88 Å². The van der Waals surface area contributed by atoms with Crippen LogP contribution in [0.25, 0.3) is 0 Å². The second kappa shape index (κ2) is 5.88. The summed E-state index contributed by atoms with van der Waals surface area (Å²) >= 11 is 1.65. The molecule has 0 saturated carbocycles. The van der Waals surface area contributed by atoms with Gasteiger partial charge < -0.3 is 5.11 Å². The average molecular weight is 227 g/mol. The zero-order valence-electron chi connectivity index (χ0n) is 9.06. The fraction of sp³-hybridized carbons (Fsp3) is 0.545. The fourth-order valence-corrected chi connectivity index (χ4v) is 2.23. The first kappa shape index (κ1) is 12.2. The normalized spacial score (nSPS) is 14.8. The van der Waals surface area contributed by atoms with Gasteiger partial charge in [0.1, 0.15) is 6.04 Å². The lowest BCUT2D eigenvalue weighted by Crippen LogP contribution is -2.37. The van der Waals surface area contributed by atoms with Crippen LogP contribution in [0.1, 0.15) is 37.6 Å². The average Bonchev–Trinajstić information content (AvgIpc) is 2.69. The van der Waals surface area contributed by atoms with Crippen molar-refractivity contribution in [2.75, 3.05) is 0 Å². The highest BCUT2D eigenvalue weighted by Crippen LogP contribution is 2.19. The van der Waals surface area contributed by atoms with Crippen LogP contribution >= 0.6 is 11.3 Å². The van der Waals surface area contributed by atoms with Gasteiger partial charge in [-0.1, -0.05) is 19.4 Å². The third-order valence-electron chi connectivity index (χ3n) is 2.30. The summed E-state index contributed by atoms with van der Waals surface area (Å²) in [7, 11) is 0. The van der Waals surface area contributed by atoms with Gasteiger partial charge in [-0.25, -0.2) is 0 Å². The van der Waals surface area contributed by atoms with Crippen LogP contribution in [0.4, 0.5) is 0 Å². The van der Waals surface area contributed by atoms with Crippen molar-refractivity contribution < 1.29 is 9.90 Å². The van der Waals surface area contributed by atoms with E-state index in [2.05, 4.69) is 5.32 Å². The quantitative estimate of drug-likeness (QED) is 0.785. The van der Waals surface area contributed by atoms with E-state index in [9.17, 15) is 4.79 Å². The first-order valence-corrected chi connectivity index (χ1v) is 6.05. The van der Waals surface area contributed by atoms with Crippen molar-refractivity contribution in [3.8, 4) is 0 Å². The minimum Gasteiger partial charge on any atom is -0.480 e. The molecule has 4 heteroatoms. The molecule has 1 heterocycles. The van der Waals surface area contributed by atoms with Crippen LogP contribution in [0.5, 0.6) is 0 Å². The Morgan fingerprint density at radius 1 is 1.67 bits per heavy atom. The number of hydrogen-bond acceptors (Lipinski definition) is 3. The molecular weight excluding hydrogens is 210 g/mol. The predicted molar refractivity (Wildman–Crippen MR) is 62.2 cm³/mol. The van der Waals surface area contributed by atoms with Crippen molar-refractivity contribution in [1.29, 1.82) is 0 Å². The summed E-state index contributed by atoms with van der Waals surface area (Å²) in [5, 5.41) is 14.1. The van der Waals surface area contributed by atoms with Crippen LogP contribution in [0.15, 0.2) is 17.5 Å². The van der Waals surface area contributed by atoms with E-state index in [-0.39, 0.29) is 6.04 Å². The molecule has 0 aliphatic heterocycles. The van der Waals surface area contributed by atoms with Gasteiger partial charge in [0.05, 0.1) is 0 Å². The van der Waals surface area contributed by atoms with Gasteiger partial charge in [-0.15, -0.1) is 11.3 Å². The molecule has 1 rings (SSSR count). The van der Waals surface area contributed by atoms with Gasteiger partial charge in [0.15, 0.2) is 0 Å². The third-order valence-corrected chi connectivity index (χ3v) is 3.35. The standard InChI is InChI=1S/C11H17NO2S/c1-3-5-9(11(13)14)12-8(2)10-6-4-7-15-10/h4,6-9,12H,3,5H2,1-2H3,(H,13,14)/t8-,9?/m0/s1. The third kappa shape index (κ3) is 3.64. The molecule has 0 aromatic carbocycles. The van der Waals surface area contributed by atoms with Crippen molar-refractivity contribution in [2.24, 2.45) is 0 Å². The lowest BCUT2D eigenvalue weighted by molar-refractivity contribution is -0.139. The maximum Gasteiger partial charge on any atom is 0.320 e. The number of rotatable bonds is 6. The van der Waals surface area contributed by atoms with E-state index in [0.717, 1.165) is 6.42 Å². The molecule has 2 atom stereocenters. The molecule has 1 aromatic heterocycles. The van der Waals surface area contributed by atoms with Crippen molar-refractivity contribution >= 4 is 17.3 Å². The summed E-state index contributed by atoms with van der Waals surface area (Å²) in [4.78, 5) is 12.1. The maximum absolute atomic E-state index is 10.9. The molecule has 3 nitrogen and oxygen atoms in total. The van der Waals surface area contributed by atoms with Gasteiger partial charge in [-0.2, -0.15) is 0 Å². The Bertz CT molecular complexity index is 298.